The van der Waals surface area contributed by atoms with Gasteiger partial charge in [0.1, 0.15) is 17.1 Å². The number of carbonyl (C=O) groups excluding carboxylic acids is 2. The van der Waals surface area contributed by atoms with Crippen molar-refractivity contribution in [3.63, 3.8) is 0 Å². The van der Waals surface area contributed by atoms with Crippen LogP contribution in [-0.4, -0.2) is 50.8 Å². The Hall–Kier alpha value is -5.06. The Labute approximate surface area is 315 Å². The number of hydrogen-bond acceptors (Lipinski definition) is 9. The summed E-state index contributed by atoms with van der Waals surface area (Å²) in [6, 6.07) is -0.423. The SMILES string of the molecule is COC(=O)/C(C)=C\CC12OC(C)(C)C3CC(C1=O)C1C4=C(Nc5nccn51)c1c(N=[N+]=[N-])c5c(c(CC=C(C)C)c1OC432)OC(C)(CCC=C(C)C)C=C5. The summed E-state index contributed by atoms with van der Waals surface area (Å²) in [5, 5.41) is 8.02. The molecule has 12 nitrogen and oxygen atoms in total. The van der Waals surface area contributed by atoms with Gasteiger partial charge in [-0.3, -0.25) is 4.79 Å². The summed E-state index contributed by atoms with van der Waals surface area (Å²) in [5.74, 6) is 0.383. The number of nitrogens with zero attached hydrogens (tertiary/aromatic N) is 5. The summed E-state index contributed by atoms with van der Waals surface area (Å²) in [5.41, 5.74) is 12.6. The highest BCUT2D eigenvalue weighted by Crippen LogP contribution is 2.74. The van der Waals surface area contributed by atoms with Crippen LogP contribution in [0.1, 0.15) is 104 Å². The van der Waals surface area contributed by atoms with E-state index < -0.39 is 40.3 Å². The molecule has 7 aliphatic rings. The molecule has 1 saturated heterocycles. The molecule has 5 heterocycles. The van der Waals surface area contributed by atoms with Crippen molar-refractivity contribution < 1.29 is 28.5 Å². The maximum Gasteiger partial charge on any atom is 0.333 e. The number of anilines is 1. The first-order valence-electron chi connectivity index (χ1n) is 18.8. The van der Waals surface area contributed by atoms with Crippen molar-refractivity contribution in [2.75, 3.05) is 12.4 Å². The van der Waals surface area contributed by atoms with E-state index in [9.17, 15) is 10.3 Å². The molecule has 6 atom stereocenters. The number of benzene rings is 1. The second-order valence-corrected chi connectivity index (χ2v) is 16.7. The highest BCUT2D eigenvalue weighted by atomic mass is 16.6. The molecule has 282 valence electrons. The molecular weight excluding hydrogens is 684 g/mol. The summed E-state index contributed by atoms with van der Waals surface area (Å²) >= 11 is 0. The lowest BCUT2D eigenvalue weighted by molar-refractivity contribution is -0.181. The summed E-state index contributed by atoms with van der Waals surface area (Å²) < 4.78 is 28.9. The average molecular weight is 733 g/mol. The lowest BCUT2D eigenvalue weighted by Gasteiger charge is -2.62. The van der Waals surface area contributed by atoms with E-state index in [2.05, 4.69) is 59.3 Å². The minimum Gasteiger partial charge on any atom is -0.482 e. The number of esters is 1. The van der Waals surface area contributed by atoms with Crippen LogP contribution in [0.4, 0.5) is 11.6 Å². The number of aromatic nitrogens is 2. The molecule has 4 bridgehead atoms. The fourth-order valence-corrected chi connectivity index (χ4v) is 10.0. The molecule has 9 rings (SSSR count). The number of carbonyl (C=O) groups is 2. The third-order valence-electron chi connectivity index (χ3n) is 12.4. The monoisotopic (exact) mass is 732 g/mol. The van der Waals surface area contributed by atoms with Crippen LogP contribution in [0.15, 0.2) is 64.1 Å². The topological polar surface area (TPSA) is 150 Å². The molecule has 4 fully saturated rings. The van der Waals surface area contributed by atoms with E-state index in [4.69, 9.17) is 18.9 Å². The zero-order chi connectivity index (χ0) is 38.5. The van der Waals surface area contributed by atoms with Gasteiger partial charge in [0.2, 0.25) is 5.95 Å². The first kappa shape index (κ1) is 35.9. The van der Waals surface area contributed by atoms with Crippen molar-refractivity contribution in [3.8, 4) is 11.5 Å². The third kappa shape index (κ3) is 4.85. The highest BCUT2D eigenvalue weighted by Gasteiger charge is 2.84. The van der Waals surface area contributed by atoms with E-state index >= 15 is 4.79 Å². The number of rotatable bonds is 9. The number of Topliss-reactive ketones (excluding diaryl/α,β-unsaturated/α-hetero) is 1. The first-order valence-corrected chi connectivity index (χ1v) is 18.8. The number of fused-ring (bicyclic) bond motifs is 4. The number of azide groups is 1. The van der Waals surface area contributed by atoms with E-state index in [1.54, 1.807) is 19.2 Å². The van der Waals surface area contributed by atoms with Crippen molar-refractivity contribution in [2.45, 2.75) is 116 Å². The van der Waals surface area contributed by atoms with Gasteiger partial charge in [0, 0.05) is 57.8 Å². The predicted octanol–water partition coefficient (Wildman–Crippen LogP) is 9.03. The van der Waals surface area contributed by atoms with Crippen molar-refractivity contribution in [3.05, 3.63) is 86.1 Å². The fourth-order valence-electron chi connectivity index (χ4n) is 10.0. The lowest BCUT2D eigenvalue weighted by atomic mass is 9.47. The number of nitrogens with one attached hydrogen (secondary N) is 1. The number of ether oxygens (including phenoxy) is 4. The van der Waals surface area contributed by atoms with Crippen LogP contribution in [-0.2, 0) is 25.5 Å². The standard InChI is InChI=1S/C42H48N6O6/c1-22(2)11-10-16-40(8)17-15-25-31(46-47-43)29-32-30-33(48-20-19-44-38(48)45-32)27-21-28-39(6,7)54-41(36(27)49,18-14-24(5)37(50)51-9)42(28,30)53-35(29)26(34(25)52-40)13-12-23(3)4/h11-12,14-15,17,19-20,27-28,33H,10,13,16,18,21H2,1-9H3,(H,44,45)/b24-14-. The number of ketones is 1. The van der Waals surface area contributed by atoms with Gasteiger partial charge < -0.3 is 28.8 Å². The molecule has 1 N–H and O–H groups in total. The molecule has 1 aromatic heterocycles. The molecular formula is C42H48N6O6. The second kappa shape index (κ2) is 12.2. The van der Waals surface area contributed by atoms with Gasteiger partial charge in [-0.15, -0.1) is 0 Å². The Morgan fingerprint density at radius 3 is 2.59 bits per heavy atom. The zero-order valence-electron chi connectivity index (χ0n) is 32.5. The van der Waals surface area contributed by atoms with Crippen molar-refractivity contribution in [2.24, 2.45) is 17.0 Å². The number of hydrogen-bond donors (Lipinski definition) is 1. The Kier molecular flexibility index (Phi) is 8.14. The minimum absolute atomic E-state index is 0.0681. The minimum atomic E-state index is -1.49. The summed E-state index contributed by atoms with van der Waals surface area (Å²) in [6.07, 6.45) is 16.4. The smallest absolute Gasteiger partial charge is 0.333 e. The number of imidazole rings is 1. The van der Waals surface area contributed by atoms with E-state index in [1.165, 1.54) is 12.7 Å². The zero-order valence-corrected chi connectivity index (χ0v) is 32.5. The number of allylic oxidation sites excluding steroid dienone is 4. The largest absolute Gasteiger partial charge is 0.482 e. The van der Waals surface area contributed by atoms with Gasteiger partial charge in [-0.1, -0.05) is 40.6 Å². The Morgan fingerprint density at radius 1 is 1.13 bits per heavy atom. The van der Waals surface area contributed by atoms with Crippen LogP contribution in [0, 0.1) is 11.8 Å². The Morgan fingerprint density at radius 2 is 1.89 bits per heavy atom. The third-order valence-corrected chi connectivity index (χ3v) is 12.4. The van der Waals surface area contributed by atoms with Crippen molar-refractivity contribution >= 4 is 35.2 Å². The van der Waals surface area contributed by atoms with E-state index in [0.29, 0.717) is 58.4 Å². The molecule has 1 spiro atoms. The quantitative estimate of drug-likeness (QED) is 0.0670. The summed E-state index contributed by atoms with van der Waals surface area (Å²) in [6.45, 7) is 16.1. The maximum atomic E-state index is 15.3. The van der Waals surface area contributed by atoms with Crippen LogP contribution in [0.2, 0.25) is 0 Å². The van der Waals surface area contributed by atoms with Crippen molar-refractivity contribution in [1.82, 2.24) is 9.55 Å². The maximum absolute atomic E-state index is 15.3. The lowest BCUT2D eigenvalue weighted by Crippen LogP contribution is -2.75. The molecule has 3 saturated carbocycles. The Bertz CT molecular complexity index is 2230. The molecule has 6 unspecified atom stereocenters. The highest BCUT2D eigenvalue weighted by molar-refractivity contribution is 6.03. The molecule has 2 aromatic rings. The normalized spacial score (nSPS) is 30.1. The van der Waals surface area contributed by atoms with Gasteiger partial charge in [0.25, 0.3) is 0 Å². The van der Waals surface area contributed by atoms with Crippen LogP contribution in [0.5, 0.6) is 11.5 Å². The molecule has 12 heteroatoms. The van der Waals surface area contributed by atoms with Gasteiger partial charge in [0.05, 0.1) is 35.7 Å². The van der Waals surface area contributed by atoms with Gasteiger partial charge in [-0.2, -0.15) is 0 Å². The fraction of sp³-hybridized carbons (Fsp3) is 0.500. The molecule has 0 amide bonds. The molecule has 54 heavy (non-hydrogen) atoms. The molecule has 0 radical (unpaired) electrons. The van der Waals surface area contributed by atoms with E-state index in [0.717, 1.165) is 29.6 Å². The Balaban J connectivity index is 1.45. The van der Waals surface area contributed by atoms with Gasteiger partial charge in [-0.05, 0) is 92.7 Å². The first-order chi connectivity index (χ1) is 25.6. The van der Waals surface area contributed by atoms with Crippen LogP contribution >= 0.6 is 0 Å². The predicted molar refractivity (Wildman–Crippen MR) is 205 cm³/mol. The van der Waals surface area contributed by atoms with E-state index in [1.807, 2.05) is 44.5 Å². The summed E-state index contributed by atoms with van der Waals surface area (Å²) in [7, 11) is 1.34. The number of methoxy groups -OCH3 is 1. The van der Waals surface area contributed by atoms with Crippen molar-refractivity contribution in [1.29, 1.82) is 0 Å². The molecule has 3 aliphatic carbocycles. The molecule has 1 aromatic carbocycles. The summed E-state index contributed by atoms with van der Waals surface area (Å²) in [4.78, 5) is 36.0. The second-order valence-electron chi connectivity index (χ2n) is 16.7. The van der Waals surface area contributed by atoms with Crippen LogP contribution < -0.4 is 14.8 Å². The van der Waals surface area contributed by atoms with Crippen LogP contribution in [0.25, 0.3) is 22.2 Å². The van der Waals surface area contributed by atoms with Gasteiger partial charge >= 0.3 is 5.97 Å². The molecule has 4 aliphatic heterocycles. The van der Waals surface area contributed by atoms with Gasteiger partial charge in [0.15, 0.2) is 17.0 Å². The van der Waals surface area contributed by atoms with Crippen LogP contribution in [0.3, 0.4) is 0 Å². The van der Waals surface area contributed by atoms with Gasteiger partial charge in [-0.25, -0.2) is 9.78 Å². The average Bonchev–Trinajstić information content (AvgIpc) is 3.64. The van der Waals surface area contributed by atoms with E-state index in [-0.39, 0.29) is 18.1 Å².